The van der Waals surface area contributed by atoms with Crippen molar-refractivity contribution < 1.29 is 19.4 Å². The highest BCUT2D eigenvalue weighted by atomic mass is 16.5. The van der Waals surface area contributed by atoms with Gasteiger partial charge in [0.2, 0.25) is 0 Å². The Kier molecular flexibility index (Phi) is 3.90. The summed E-state index contributed by atoms with van der Waals surface area (Å²) in [7, 11) is 1.51. The third-order valence-electron chi connectivity index (χ3n) is 2.44. The van der Waals surface area contributed by atoms with Crippen molar-refractivity contribution in [3.8, 4) is 5.75 Å². The zero-order chi connectivity index (χ0) is 14.5. The number of carbonyl (C=O) groups excluding carboxylic acids is 1. The highest BCUT2D eigenvalue weighted by molar-refractivity contribution is 6.08. The lowest BCUT2D eigenvalue weighted by Crippen LogP contribution is -2.19. The van der Waals surface area contributed by atoms with Crippen molar-refractivity contribution in [2.24, 2.45) is 0 Å². The summed E-state index contributed by atoms with van der Waals surface area (Å²) < 4.78 is 5.03. The van der Waals surface area contributed by atoms with Gasteiger partial charge in [-0.1, -0.05) is 6.07 Å². The summed E-state index contributed by atoms with van der Waals surface area (Å²) in [6.07, 6.45) is 2.47. The minimum atomic E-state index is -1.31. The predicted molar refractivity (Wildman–Crippen MR) is 69.9 cm³/mol. The fourth-order valence-corrected chi connectivity index (χ4v) is 1.55. The number of carboxylic acids is 1. The van der Waals surface area contributed by atoms with Gasteiger partial charge >= 0.3 is 5.97 Å². The molecule has 0 fully saturated rings. The van der Waals surface area contributed by atoms with Crippen LogP contribution in [0.3, 0.4) is 0 Å². The maximum absolute atomic E-state index is 12.0. The van der Waals surface area contributed by atoms with Crippen LogP contribution in [0.25, 0.3) is 0 Å². The fourth-order valence-electron chi connectivity index (χ4n) is 1.55. The van der Waals surface area contributed by atoms with E-state index in [1.165, 1.54) is 19.5 Å². The van der Waals surface area contributed by atoms with Crippen LogP contribution in [0.15, 0.2) is 36.7 Å². The molecule has 0 atom stereocenters. The molecule has 1 amide bonds. The van der Waals surface area contributed by atoms with E-state index in [-0.39, 0.29) is 5.69 Å². The first-order valence-electron chi connectivity index (χ1n) is 5.61. The molecule has 0 saturated heterocycles. The van der Waals surface area contributed by atoms with E-state index in [1.54, 1.807) is 24.3 Å². The Labute approximate surface area is 114 Å². The Morgan fingerprint density at radius 1 is 1.20 bits per heavy atom. The molecule has 0 saturated carbocycles. The molecule has 1 aromatic carbocycles. The first-order chi connectivity index (χ1) is 9.61. The topological polar surface area (TPSA) is 101 Å². The van der Waals surface area contributed by atoms with E-state index in [4.69, 9.17) is 9.84 Å². The van der Waals surface area contributed by atoms with Crippen LogP contribution in [0.1, 0.15) is 21.0 Å². The molecule has 102 valence electrons. The van der Waals surface area contributed by atoms with E-state index in [0.717, 1.165) is 0 Å². The van der Waals surface area contributed by atoms with E-state index >= 15 is 0 Å². The number of nitrogens with one attached hydrogen (secondary N) is 1. The lowest BCUT2D eigenvalue weighted by Gasteiger charge is -2.07. The quantitative estimate of drug-likeness (QED) is 0.873. The van der Waals surface area contributed by atoms with E-state index in [9.17, 15) is 9.59 Å². The van der Waals surface area contributed by atoms with Crippen LogP contribution in [0.2, 0.25) is 0 Å². The van der Waals surface area contributed by atoms with E-state index in [1.807, 2.05) is 0 Å². The van der Waals surface area contributed by atoms with Gasteiger partial charge in [0, 0.05) is 24.1 Å². The van der Waals surface area contributed by atoms with Gasteiger partial charge in [-0.2, -0.15) is 0 Å². The molecule has 1 heterocycles. The number of aromatic carboxylic acids is 1. The maximum atomic E-state index is 12.0. The number of benzene rings is 1. The summed E-state index contributed by atoms with van der Waals surface area (Å²) in [6, 6.07) is 6.68. The standard InChI is InChI=1S/C13H11N3O4/c1-20-9-4-2-3-8(7-9)16-12(17)10-11(13(18)19)15-6-5-14-10/h2-7H,1H3,(H,16,17)(H,18,19). The second-order valence-corrected chi connectivity index (χ2v) is 3.74. The summed E-state index contributed by atoms with van der Waals surface area (Å²) in [5, 5.41) is 11.5. The van der Waals surface area contributed by atoms with Gasteiger partial charge in [0.15, 0.2) is 11.4 Å². The maximum Gasteiger partial charge on any atom is 0.356 e. The average molecular weight is 273 g/mol. The van der Waals surface area contributed by atoms with Gasteiger partial charge in [0.05, 0.1) is 7.11 Å². The lowest BCUT2D eigenvalue weighted by molar-refractivity contribution is 0.0685. The second-order valence-electron chi connectivity index (χ2n) is 3.74. The minimum Gasteiger partial charge on any atom is -0.497 e. The van der Waals surface area contributed by atoms with Crippen LogP contribution in [0.5, 0.6) is 5.75 Å². The molecule has 0 unspecified atom stereocenters. The molecule has 0 aliphatic heterocycles. The molecular formula is C13H11N3O4. The molecule has 1 aromatic heterocycles. The van der Waals surface area contributed by atoms with Crippen LogP contribution in [-0.2, 0) is 0 Å². The molecule has 0 radical (unpaired) electrons. The summed E-state index contributed by atoms with van der Waals surface area (Å²) in [6.45, 7) is 0. The fraction of sp³-hybridized carbons (Fsp3) is 0.0769. The number of aromatic nitrogens is 2. The van der Waals surface area contributed by atoms with Crippen LogP contribution in [0, 0.1) is 0 Å². The van der Waals surface area contributed by atoms with Crippen LogP contribution < -0.4 is 10.1 Å². The Morgan fingerprint density at radius 3 is 2.55 bits per heavy atom. The normalized spacial score (nSPS) is 9.85. The Hall–Kier alpha value is -2.96. The molecular weight excluding hydrogens is 262 g/mol. The number of carboxylic acid groups (broad SMARTS) is 1. The Morgan fingerprint density at radius 2 is 1.90 bits per heavy atom. The molecule has 2 rings (SSSR count). The monoisotopic (exact) mass is 273 g/mol. The number of hydrogen-bond donors (Lipinski definition) is 2. The highest BCUT2D eigenvalue weighted by Crippen LogP contribution is 2.17. The van der Waals surface area contributed by atoms with Gasteiger partial charge in [-0.25, -0.2) is 14.8 Å². The van der Waals surface area contributed by atoms with Crippen LogP contribution in [-0.4, -0.2) is 34.1 Å². The van der Waals surface area contributed by atoms with Gasteiger partial charge < -0.3 is 15.2 Å². The number of methoxy groups -OCH3 is 1. The molecule has 20 heavy (non-hydrogen) atoms. The van der Waals surface area contributed by atoms with Crippen LogP contribution >= 0.6 is 0 Å². The smallest absolute Gasteiger partial charge is 0.356 e. The van der Waals surface area contributed by atoms with E-state index < -0.39 is 17.6 Å². The SMILES string of the molecule is COc1cccc(NC(=O)c2nccnc2C(=O)O)c1. The third-order valence-corrected chi connectivity index (χ3v) is 2.44. The van der Waals surface area contributed by atoms with E-state index in [2.05, 4.69) is 15.3 Å². The van der Waals surface area contributed by atoms with Crippen molar-refractivity contribution in [3.63, 3.8) is 0 Å². The summed E-state index contributed by atoms with van der Waals surface area (Å²) in [4.78, 5) is 30.4. The molecule has 0 spiro atoms. The number of anilines is 1. The first kappa shape index (κ1) is 13.5. The van der Waals surface area contributed by atoms with Crippen molar-refractivity contribution in [1.29, 1.82) is 0 Å². The molecule has 2 N–H and O–H groups in total. The van der Waals surface area contributed by atoms with Crippen molar-refractivity contribution in [3.05, 3.63) is 48.0 Å². The van der Waals surface area contributed by atoms with Gasteiger partial charge in [-0.05, 0) is 12.1 Å². The Bertz CT molecular complexity index is 658. The average Bonchev–Trinajstić information content (AvgIpc) is 2.47. The zero-order valence-electron chi connectivity index (χ0n) is 10.5. The van der Waals surface area contributed by atoms with Gasteiger partial charge in [0.1, 0.15) is 5.75 Å². The Balaban J connectivity index is 2.26. The number of carbonyl (C=O) groups is 2. The zero-order valence-corrected chi connectivity index (χ0v) is 10.5. The molecule has 7 heteroatoms. The number of amides is 1. The predicted octanol–water partition coefficient (Wildman–Crippen LogP) is 1.44. The summed E-state index contributed by atoms with van der Waals surface area (Å²) >= 11 is 0. The molecule has 2 aromatic rings. The number of rotatable bonds is 4. The summed E-state index contributed by atoms with van der Waals surface area (Å²) in [5.74, 6) is -1.39. The molecule has 0 aliphatic carbocycles. The molecule has 0 aliphatic rings. The van der Waals surface area contributed by atoms with Crippen molar-refractivity contribution >= 4 is 17.6 Å². The molecule has 7 nitrogen and oxygen atoms in total. The van der Waals surface area contributed by atoms with Gasteiger partial charge in [0.25, 0.3) is 5.91 Å². The van der Waals surface area contributed by atoms with Crippen LogP contribution in [0.4, 0.5) is 5.69 Å². The first-order valence-corrected chi connectivity index (χ1v) is 5.61. The highest BCUT2D eigenvalue weighted by Gasteiger charge is 2.19. The van der Waals surface area contributed by atoms with Crippen molar-refractivity contribution in [2.75, 3.05) is 12.4 Å². The van der Waals surface area contributed by atoms with Crippen molar-refractivity contribution in [1.82, 2.24) is 9.97 Å². The summed E-state index contributed by atoms with van der Waals surface area (Å²) in [5.41, 5.74) is -0.174. The van der Waals surface area contributed by atoms with E-state index in [0.29, 0.717) is 11.4 Å². The van der Waals surface area contributed by atoms with Crippen molar-refractivity contribution in [2.45, 2.75) is 0 Å². The number of nitrogens with zero attached hydrogens (tertiary/aromatic N) is 2. The van der Waals surface area contributed by atoms with Gasteiger partial charge in [-0.3, -0.25) is 4.79 Å². The largest absolute Gasteiger partial charge is 0.497 e. The second kappa shape index (κ2) is 5.79. The lowest BCUT2D eigenvalue weighted by atomic mass is 10.2. The third kappa shape index (κ3) is 2.89. The molecule has 0 bridgehead atoms. The van der Waals surface area contributed by atoms with Gasteiger partial charge in [-0.15, -0.1) is 0 Å². The number of hydrogen-bond acceptors (Lipinski definition) is 5. The number of ether oxygens (including phenoxy) is 1. The minimum absolute atomic E-state index is 0.247.